The number of aliphatic carboxylic acids is 1. The smallest absolute Gasteiger partial charge is 0.328 e. The minimum atomic E-state index is -1.21. The Labute approximate surface area is 61.4 Å². The molecule has 60 valence electrons. The quantitative estimate of drug-likeness (QED) is 0.294. The molecule has 0 aromatic rings. The summed E-state index contributed by atoms with van der Waals surface area (Å²) in [6.45, 7) is -0.222. The highest BCUT2D eigenvalue weighted by Crippen LogP contribution is 1.96. The average molecular weight is 161 g/mol. The Morgan fingerprint density at radius 1 is 1.55 bits per heavy atom. The van der Waals surface area contributed by atoms with E-state index in [1.807, 2.05) is 0 Å². The van der Waals surface area contributed by atoms with E-state index in [1.54, 1.807) is 0 Å². The molecule has 0 unspecified atom stereocenters. The summed E-state index contributed by atoms with van der Waals surface area (Å²) in [6, 6.07) is 0. The van der Waals surface area contributed by atoms with Crippen molar-refractivity contribution in [3.8, 4) is 0 Å². The van der Waals surface area contributed by atoms with Gasteiger partial charge in [-0.2, -0.15) is 13.8 Å². The van der Waals surface area contributed by atoms with Gasteiger partial charge in [0.05, 0.1) is 0 Å². The minimum Gasteiger partial charge on any atom is -0.478 e. The van der Waals surface area contributed by atoms with Crippen LogP contribution in [0.1, 0.15) is 0 Å². The zero-order chi connectivity index (χ0) is 8.69. The van der Waals surface area contributed by atoms with Crippen LogP contribution < -0.4 is 0 Å². The fourth-order valence-electron chi connectivity index (χ4n) is 0.299. The van der Waals surface area contributed by atoms with Gasteiger partial charge in [0.2, 0.25) is 5.95 Å². The van der Waals surface area contributed by atoms with E-state index in [0.29, 0.717) is 6.08 Å². The van der Waals surface area contributed by atoms with E-state index >= 15 is 0 Å². The number of halogens is 2. The van der Waals surface area contributed by atoms with Crippen molar-refractivity contribution < 1.29 is 18.7 Å². The highest BCUT2D eigenvalue weighted by Gasteiger charge is 1.85. The second-order valence-electron chi connectivity index (χ2n) is 1.41. The molecule has 0 atom stereocenters. The number of hydrogen-bond acceptors (Lipinski definition) is 2. The zero-order valence-electron chi connectivity index (χ0n) is 5.37. The van der Waals surface area contributed by atoms with Gasteiger partial charge in [0.1, 0.15) is 0 Å². The molecule has 0 aromatic heterocycles. The zero-order valence-corrected chi connectivity index (χ0v) is 5.37. The van der Waals surface area contributed by atoms with Crippen LogP contribution in [0.25, 0.3) is 0 Å². The minimum absolute atomic E-state index is 0.222. The van der Waals surface area contributed by atoms with Gasteiger partial charge in [0.15, 0.2) is 6.47 Å². The van der Waals surface area contributed by atoms with Gasteiger partial charge in [-0.25, -0.2) is 4.79 Å². The lowest BCUT2D eigenvalue weighted by Gasteiger charge is -1.79. The first-order valence-electron chi connectivity index (χ1n) is 2.56. The number of carboxylic acids is 1. The lowest BCUT2D eigenvalue weighted by Crippen LogP contribution is -1.84. The van der Waals surface area contributed by atoms with E-state index in [4.69, 9.17) is 5.11 Å². The van der Waals surface area contributed by atoms with Crippen molar-refractivity contribution in [2.24, 2.45) is 4.99 Å². The maximum atomic E-state index is 12.0. The first-order chi connectivity index (χ1) is 5.16. The van der Waals surface area contributed by atoms with Crippen molar-refractivity contribution in [2.75, 3.05) is 0 Å². The topological polar surface area (TPSA) is 49.7 Å². The fraction of sp³-hybridized carbons (Fsp3) is 0. The summed E-state index contributed by atoms with van der Waals surface area (Å²) in [5.74, 6) is -2.30. The lowest BCUT2D eigenvalue weighted by atomic mass is 10.5. The van der Waals surface area contributed by atoms with Gasteiger partial charge in [0, 0.05) is 6.08 Å². The lowest BCUT2D eigenvalue weighted by molar-refractivity contribution is -0.131. The van der Waals surface area contributed by atoms with Crippen LogP contribution in [0.5, 0.6) is 0 Å². The van der Waals surface area contributed by atoms with E-state index in [2.05, 4.69) is 4.99 Å². The molecule has 0 bridgehead atoms. The third-order valence-electron chi connectivity index (χ3n) is 0.645. The van der Waals surface area contributed by atoms with Gasteiger partial charge >= 0.3 is 5.97 Å². The predicted molar refractivity (Wildman–Crippen MR) is 35.6 cm³/mol. The molecule has 0 spiro atoms. The molecule has 0 aliphatic heterocycles. The van der Waals surface area contributed by atoms with Gasteiger partial charge in [-0.15, -0.1) is 0 Å². The summed E-state index contributed by atoms with van der Waals surface area (Å²) in [5.41, 5.74) is 0. The van der Waals surface area contributed by atoms with Crippen LogP contribution >= 0.6 is 0 Å². The average Bonchev–Trinajstić information content (AvgIpc) is 1.87. The second-order valence-corrected chi connectivity index (χ2v) is 1.41. The van der Waals surface area contributed by atoms with Crippen LogP contribution in [0.3, 0.4) is 0 Å². The van der Waals surface area contributed by atoms with Crippen LogP contribution in [-0.4, -0.2) is 17.5 Å². The molecule has 0 amide bonds. The van der Waals surface area contributed by atoms with E-state index in [-0.39, 0.29) is 6.47 Å². The summed E-state index contributed by atoms with van der Waals surface area (Å²) < 4.78 is 23.1. The Kier molecular flexibility index (Phi) is 4.55. The number of nitrogens with zero attached hydrogens (tertiary/aromatic N) is 1. The van der Waals surface area contributed by atoms with E-state index in [9.17, 15) is 13.6 Å². The third-order valence-corrected chi connectivity index (χ3v) is 0.645. The number of aliphatic imine (C=N–C) groups is 1. The Balaban J connectivity index is 4.01. The molecule has 1 N–H and O–H groups in total. The molecule has 0 rings (SSSR count). The molecular weight excluding hydrogens is 156 g/mol. The number of rotatable bonds is 3. The number of carboxylic acid groups (broad SMARTS) is 1. The van der Waals surface area contributed by atoms with Crippen molar-refractivity contribution in [3.05, 3.63) is 24.2 Å². The van der Waals surface area contributed by atoms with Crippen LogP contribution in [0.2, 0.25) is 0 Å². The van der Waals surface area contributed by atoms with E-state index in [0.717, 1.165) is 12.2 Å². The van der Waals surface area contributed by atoms with Gasteiger partial charge < -0.3 is 5.11 Å². The molecule has 0 aliphatic rings. The fourth-order valence-corrected chi connectivity index (χ4v) is 0.299. The summed E-state index contributed by atoms with van der Waals surface area (Å²) in [4.78, 5) is 12.4. The Hall–Kier alpha value is -1.52. The van der Waals surface area contributed by atoms with Crippen LogP contribution in [0.15, 0.2) is 29.2 Å². The summed E-state index contributed by atoms with van der Waals surface area (Å²) in [7, 11) is 0. The molecule has 0 aromatic carbocycles. The van der Waals surface area contributed by atoms with Crippen molar-refractivity contribution in [1.82, 2.24) is 0 Å². The van der Waals surface area contributed by atoms with E-state index in [1.165, 1.54) is 0 Å². The number of carbonyl (C=O) groups is 1. The third kappa shape index (κ3) is 6.36. The molecule has 0 fully saturated rings. The standard InChI is InChI=1S/C6H5F2NO2/c7-4-9-5(8)2-1-3-6(10)11/h1-4H,(H,10,11)/b3-1+,5-2-,9-4+. The molecule has 0 saturated heterocycles. The molecule has 3 nitrogen and oxygen atoms in total. The van der Waals surface area contributed by atoms with Crippen LogP contribution in [0.4, 0.5) is 8.78 Å². The maximum absolute atomic E-state index is 12.0. The highest BCUT2D eigenvalue weighted by atomic mass is 19.1. The molecule has 0 heterocycles. The predicted octanol–water partition coefficient (Wildman–Crippen LogP) is 1.44. The van der Waals surface area contributed by atoms with Crippen molar-refractivity contribution in [3.63, 3.8) is 0 Å². The maximum Gasteiger partial charge on any atom is 0.328 e. The Morgan fingerprint density at radius 2 is 2.18 bits per heavy atom. The second kappa shape index (κ2) is 5.28. The van der Waals surface area contributed by atoms with Crippen LogP contribution in [-0.2, 0) is 4.79 Å². The summed E-state index contributed by atoms with van der Waals surface area (Å²) in [6.07, 6.45) is 2.34. The molecule has 0 aliphatic carbocycles. The van der Waals surface area contributed by atoms with Gasteiger partial charge in [-0.05, 0) is 6.08 Å². The SMILES string of the molecule is O=C(O)/C=C/C=C(F)\N=C\F. The van der Waals surface area contributed by atoms with Crippen molar-refractivity contribution >= 4 is 12.4 Å². The molecule has 11 heavy (non-hydrogen) atoms. The normalized spacial score (nSPS) is 13.1. The van der Waals surface area contributed by atoms with Crippen molar-refractivity contribution in [1.29, 1.82) is 0 Å². The summed E-state index contributed by atoms with van der Waals surface area (Å²) >= 11 is 0. The Bertz CT molecular complexity index is 221. The first kappa shape index (κ1) is 9.48. The molecule has 0 saturated carbocycles. The number of allylic oxidation sites excluding steroid dienone is 2. The van der Waals surface area contributed by atoms with Crippen molar-refractivity contribution in [2.45, 2.75) is 0 Å². The monoisotopic (exact) mass is 161 g/mol. The molecular formula is C6H5F2NO2. The molecule has 5 heteroatoms. The van der Waals surface area contributed by atoms with Gasteiger partial charge in [0.25, 0.3) is 0 Å². The Morgan fingerprint density at radius 3 is 2.64 bits per heavy atom. The summed E-state index contributed by atoms with van der Waals surface area (Å²) in [5, 5.41) is 8.01. The number of hydrogen-bond donors (Lipinski definition) is 1. The van der Waals surface area contributed by atoms with E-state index < -0.39 is 11.9 Å². The van der Waals surface area contributed by atoms with Gasteiger partial charge in [-0.1, -0.05) is 6.08 Å². The first-order valence-corrected chi connectivity index (χ1v) is 2.56. The van der Waals surface area contributed by atoms with Crippen LogP contribution in [0, 0.1) is 0 Å². The highest BCUT2D eigenvalue weighted by molar-refractivity contribution is 5.80. The van der Waals surface area contributed by atoms with Gasteiger partial charge in [-0.3, -0.25) is 0 Å². The molecule has 0 radical (unpaired) electrons. The largest absolute Gasteiger partial charge is 0.478 e.